The fourth-order valence-electron chi connectivity index (χ4n) is 2.46. The molecular weight excluding hydrogens is 278 g/mol. The number of nitrogens with zero attached hydrogens (tertiary/aromatic N) is 4. The summed E-state index contributed by atoms with van der Waals surface area (Å²) in [5, 5.41) is 19.0. The Kier molecular flexibility index (Phi) is 3.32. The highest BCUT2D eigenvalue weighted by molar-refractivity contribution is 5.80. The summed E-state index contributed by atoms with van der Waals surface area (Å²) in [5.74, 6) is 0.161. The van der Waals surface area contributed by atoms with E-state index in [9.17, 15) is 9.90 Å². The minimum absolute atomic E-state index is 0.161. The first-order valence-corrected chi connectivity index (χ1v) is 6.46. The van der Waals surface area contributed by atoms with E-state index in [1.807, 2.05) is 0 Å². The second kappa shape index (κ2) is 5.02. The predicted molar refractivity (Wildman–Crippen MR) is 72.4 cm³/mol. The van der Waals surface area contributed by atoms with Crippen molar-refractivity contribution in [3.05, 3.63) is 22.4 Å². The Labute approximate surface area is 119 Å². The van der Waals surface area contributed by atoms with Gasteiger partial charge in [0.25, 0.3) is 5.56 Å². The predicted octanol–water partition coefficient (Wildman–Crippen LogP) is -1.28. The van der Waals surface area contributed by atoms with Crippen LogP contribution in [0.2, 0.25) is 0 Å². The number of hydrogen-bond donors (Lipinski definition) is 3. The van der Waals surface area contributed by atoms with Crippen LogP contribution in [-0.2, 0) is 4.74 Å². The van der Waals surface area contributed by atoms with Gasteiger partial charge in [0, 0.05) is 6.42 Å². The van der Waals surface area contributed by atoms with Gasteiger partial charge in [-0.05, 0) is 6.92 Å². The molecule has 4 N–H and O–H groups in total. The molecule has 2 aromatic heterocycles. The minimum atomic E-state index is -0.852. The van der Waals surface area contributed by atoms with Crippen molar-refractivity contribution in [2.75, 3.05) is 12.3 Å². The summed E-state index contributed by atoms with van der Waals surface area (Å²) in [5.41, 5.74) is 6.17. The van der Waals surface area contributed by atoms with Crippen LogP contribution in [0, 0.1) is 6.92 Å². The van der Waals surface area contributed by atoms with Crippen LogP contribution in [0.1, 0.15) is 18.3 Å². The van der Waals surface area contributed by atoms with E-state index in [0.717, 1.165) is 0 Å². The average molecular weight is 293 g/mol. The number of anilines is 1. The summed E-state index contributed by atoms with van der Waals surface area (Å²) in [7, 11) is 0. The lowest BCUT2D eigenvalue weighted by atomic mass is 10.2. The van der Waals surface area contributed by atoms with Crippen LogP contribution in [0.15, 0.2) is 11.1 Å². The first-order valence-electron chi connectivity index (χ1n) is 6.46. The fraction of sp³-hybridized carbons (Fsp3) is 0.500. The number of aromatic nitrogens is 4. The van der Waals surface area contributed by atoms with Gasteiger partial charge in [-0.3, -0.25) is 9.36 Å². The molecule has 0 amide bonds. The lowest BCUT2D eigenvalue weighted by Crippen LogP contribution is -2.29. The maximum Gasteiger partial charge on any atom is 0.275 e. The lowest BCUT2D eigenvalue weighted by Gasteiger charge is -2.17. The number of aryl methyl sites for hydroxylation is 1. The number of aliphatic hydroxyl groups is 2. The van der Waals surface area contributed by atoms with Crippen LogP contribution in [-0.4, -0.2) is 48.5 Å². The molecule has 9 heteroatoms. The topological polar surface area (TPSA) is 136 Å². The number of fused-ring (bicyclic) bond motifs is 1. The van der Waals surface area contributed by atoms with Crippen LogP contribution in [0.4, 0.5) is 5.82 Å². The number of nitrogens with two attached hydrogens (primary N) is 1. The fourth-order valence-corrected chi connectivity index (χ4v) is 2.46. The van der Waals surface area contributed by atoms with Gasteiger partial charge in [0.1, 0.15) is 29.9 Å². The molecule has 9 nitrogen and oxygen atoms in total. The number of nitrogen functional groups attached to an aromatic ring is 1. The molecule has 21 heavy (non-hydrogen) atoms. The molecule has 1 aliphatic heterocycles. The van der Waals surface area contributed by atoms with Crippen LogP contribution in [0.3, 0.4) is 0 Å². The molecular formula is C12H15N5O4. The molecule has 3 rings (SSSR count). The van der Waals surface area contributed by atoms with Crippen LogP contribution in [0.5, 0.6) is 0 Å². The molecule has 3 heterocycles. The third kappa shape index (κ3) is 2.15. The lowest BCUT2D eigenvalue weighted by molar-refractivity contribution is -0.0442. The van der Waals surface area contributed by atoms with Crippen molar-refractivity contribution in [1.29, 1.82) is 0 Å². The van der Waals surface area contributed by atoms with E-state index in [1.54, 1.807) is 6.92 Å². The molecule has 1 aliphatic rings. The standard InChI is InChI=1S/C12H15N5O4/c1-5-12(20)17(8-2-6(19)7(3-18)21-8)11-9(16-5)10(13)14-4-15-11/h4,6-8,18-19H,2-3H2,1H3,(H2,13,14,15). The molecule has 0 aliphatic carbocycles. The molecule has 3 unspecified atom stereocenters. The quantitative estimate of drug-likeness (QED) is 0.622. The zero-order valence-electron chi connectivity index (χ0n) is 11.3. The smallest absolute Gasteiger partial charge is 0.275 e. The van der Waals surface area contributed by atoms with Crippen LogP contribution < -0.4 is 11.3 Å². The van der Waals surface area contributed by atoms with Crippen molar-refractivity contribution in [2.45, 2.75) is 31.8 Å². The monoisotopic (exact) mass is 293 g/mol. The minimum Gasteiger partial charge on any atom is -0.394 e. The van der Waals surface area contributed by atoms with Crippen molar-refractivity contribution < 1.29 is 14.9 Å². The van der Waals surface area contributed by atoms with E-state index in [0.29, 0.717) is 5.52 Å². The van der Waals surface area contributed by atoms with Gasteiger partial charge in [0.15, 0.2) is 11.5 Å². The maximum atomic E-state index is 12.4. The third-order valence-electron chi connectivity index (χ3n) is 3.54. The Hall–Kier alpha value is -2.10. The Morgan fingerprint density at radius 1 is 1.52 bits per heavy atom. The Bertz CT molecular complexity index is 746. The molecule has 1 fully saturated rings. The SMILES string of the molecule is Cc1nc2c(N)ncnc2n(C2CC(O)C(CO)O2)c1=O. The van der Waals surface area contributed by atoms with Gasteiger partial charge in [-0.2, -0.15) is 0 Å². The Morgan fingerprint density at radius 2 is 2.29 bits per heavy atom. The van der Waals surface area contributed by atoms with Crippen LogP contribution >= 0.6 is 0 Å². The second-order valence-electron chi connectivity index (χ2n) is 4.92. The molecule has 0 radical (unpaired) electrons. The zero-order chi connectivity index (χ0) is 15.1. The van der Waals surface area contributed by atoms with E-state index < -0.39 is 18.4 Å². The Morgan fingerprint density at radius 3 is 2.95 bits per heavy atom. The third-order valence-corrected chi connectivity index (χ3v) is 3.54. The number of rotatable bonds is 2. The van der Waals surface area contributed by atoms with Gasteiger partial charge in [0.05, 0.1) is 12.7 Å². The summed E-state index contributed by atoms with van der Waals surface area (Å²) < 4.78 is 6.83. The number of hydrogen-bond acceptors (Lipinski definition) is 8. The highest BCUT2D eigenvalue weighted by atomic mass is 16.5. The number of aliphatic hydroxyl groups excluding tert-OH is 2. The number of ether oxygens (including phenoxy) is 1. The van der Waals surface area contributed by atoms with E-state index >= 15 is 0 Å². The van der Waals surface area contributed by atoms with Crippen LogP contribution in [0.25, 0.3) is 11.2 Å². The van der Waals surface area contributed by atoms with Crippen molar-refractivity contribution in [3.63, 3.8) is 0 Å². The average Bonchev–Trinajstić information content (AvgIpc) is 2.82. The van der Waals surface area contributed by atoms with Crippen molar-refractivity contribution in [1.82, 2.24) is 19.5 Å². The van der Waals surface area contributed by atoms with E-state index in [-0.39, 0.29) is 35.7 Å². The van der Waals surface area contributed by atoms with E-state index in [2.05, 4.69) is 15.0 Å². The molecule has 0 spiro atoms. The molecule has 112 valence electrons. The van der Waals surface area contributed by atoms with Crippen molar-refractivity contribution in [3.8, 4) is 0 Å². The summed E-state index contributed by atoms with van der Waals surface area (Å²) in [6.07, 6.45) is -0.907. The summed E-state index contributed by atoms with van der Waals surface area (Å²) >= 11 is 0. The molecule has 2 aromatic rings. The first-order chi connectivity index (χ1) is 10.0. The van der Waals surface area contributed by atoms with Crippen molar-refractivity contribution >= 4 is 17.0 Å². The molecule has 1 saturated heterocycles. The highest BCUT2D eigenvalue weighted by Gasteiger charge is 2.36. The summed E-state index contributed by atoms with van der Waals surface area (Å²) in [6.45, 7) is 1.23. The molecule has 0 bridgehead atoms. The summed E-state index contributed by atoms with van der Waals surface area (Å²) in [4.78, 5) is 24.4. The highest BCUT2D eigenvalue weighted by Crippen LogP contribution is 2.29. The molecule has 0 aromatic carbocycles. The second-order valence-corrected chi connectivity index (χ2v) is 4.92. The van der Waals surface area contributed by atoms with Gasteiger partial charge >= 0.3 is 0 Å². The van der Waals surface area contributed by atoms with E-state index in [1.165, 1.54) is 10.9 Å². The van der Waals surface area contributed by atoms with Gasteiger partial charge in [-0.1, -0.05) is 0 Å². The van der Waals surface area contributed by atoms with Gasteiger partial charge in [-0.15, -0.1) is 0 Å². The largest absolute Gasteiger partial charge is 0.394 e. The van der Waals surface area contributed by atoms with Gasteiger partial charge < -0.3 is 20.7 Å². The summed E-state index contributed by atoms with van der Waals surface area (Å²) in [6, 6.07) is 0. The molecule has 3 atom stereocenters. The normalized spacial score (nSPS) is 25.6. The van der Waals surface area contributed by atoms with Crippen molar-refractivity contribution in [2.24, 2.45) is 0 Å². The van der Waals surface area contributed by atoms with E-state index in [4.69, 9.17) is 15.6 Å². The zero-order valence-corrected chi connectivity index (χ0v) is 11.3. The van der Waals surface area contributed by atoms with Gasteiger partial charge in [-0.25, -0.2) is 15.0 Å². The van der Waals surface area contributed by atoms with Gasteiger partial charge in [0.2, 0.25) is 0 Å². The maximum absolute atomic E-state index is 12.4. The molecule has 0 saturated carbocycles. The Balaban J connectivity index is 2.21. The first kappa shape index (κ1) is 13.9.